The van der Waals surface area contributed by atoms with Gasteiger partial charge in [0.15, 0.2) is 0 Å². The highest BCUT2D eigenvalue weighted by Gasteiger charge is 2.34. The normalized spacial score (nSPS) is 43.3. The fraction of sp³-hybridized carbons (Fsp3) is 1.00. The molecule has 1 nitrogen and oxygen atoms in total. The van der Waals surface area contributed by atoms with E-state index >= 15 is 0 Å². The lowest BCUT2D eigenvalue weighted by atomic mass is 9.69. The minimum absolute atomic E-state index is 0.828. The molecule has 82 valence electrons. The van der Waals surface area contributed by atoms with Crippen LogP contribution in [0.4, 0.5) is 0 Å². The van der Waals surface area contributed by atoms with E-state index in [2.05, 4.69) is 19.2 Å². The maximum Gasteiger partial charge on any atom is 0.00673 e. The van der Waals surface area contributed by atoms with E-state index in [-0.39, 0.29) is 0 Å². The minimum Gasteiger partial charge on any atom is -0.314 e. The Balaban J connectivity index is 1.88. The van der Waals surface area contributed by atoms with Gasteiger partial charge < -0.3 is 5.32 Å². The molecule has 4 unspecified atom stereocenters. The third-order valence-electron chi connectivity index (χ3n) is 4.57. The fourth-order valence-electron chi connectivity index (χ4n) is 3.43. The molecule has 0 spiro atoms. The van der Waals surface area contributed by atoms with Crippen LogP contribution >= 0.6 is 0 Å². The first kappa shape index (κ1) is 10.5. The van der Waals surface area contributed by atoms with Crippen molar-refractivity contribution in [2.24, 2.45) is 17.8 Å². The van der Waals surface area contributed by atoms with Gasteiger partial charge in [-0.05, 0) is 50.0 Å². The Hall–Kier alpha value is -0.0400. The van der Waals surface area contributed by atoms with Crippen LogP contribution in [0.5, 0.6) is 0 Å². The van der Waals surface area contributed by atoms with Crippen molar-refractivity contribution in [1.29, 1.82) is 0 Å². The van der Waals surface area contributed by atoms with Gasteiger partial charge >= 0.3 is 0 Å². The lowest BCUT2D eigenvalue weighted by molar-refractivity contribution is 0.115. The first-order valence-corrected chi connectivity index (χ1v) is 6.56. The van der Waals surface area contributed by atoms with Gasteiger partial charge in [0.1, 0.15) is 0 Å². The number of fused-ring (bicyclic) bond motifs is 1. The van der Waals surface area contributed by atoms with Gasteiger partial charge in [-0.1, -0.05) is 26.7 Å². The second-order valence-electron chi connectivity index (χ2n) is 5.36. The molecule has 0 aromatic rings. The lowest BCUT2D eigenvalue weighted by Crippen LogP contribution is -2.45. The SMILES string of the molecule is CCC1CCC2CC(CC)NCC2C1. The number of hydrogen-bond acceptors (Lipinski definition) is 1. The molecule has 1 aliphatic heterocycles. The molecule has 0 amide bonds. The van der Waals surface area contributed by atoms with Gasteiger partial charge in [-0.25, -0.2) is 0 Å². The summed E-state index contributed by atoms with van der Waals surface area (Å²) in [5, 5.41) is 3.71. The molecule has 1 aliphatic carbocycles. The van der Waals surface area contributed by atoms with E-state index in [0.717, 1.165) is 23.8 Å². The first-order chi connectivity index (χ1) is 6.83. The summed E-state index contributed by atoms with van der Waals surface area (Å²) in [5.74, 6) is 3.11. The summed E-state index contributed by atoms with van der Waals surface area (Å²) < 4.78 is 0. The Kier molecular flexibility index (Phi) is 3.48. The second-order valence-corrected chi connectivity index (χ2v) is 5.36. The Morgan fingerprint density at radius 2 is 1.86 bits per heavy atom. The summed E-state index contributed by atoms with van der Waals surface area (Å²) in [6, 6.07) is 0.828. The van der Waals surface area contributed by atoms with Crippen molar-refractivity contribution >= 4 is 0 Å². The smallest absolute Gasteiger partial charge is 0.00673 e. The highest BCUT2D eigenvalue weighted by Crippen LogP contribution is 2.39. The molecule has 0 radical (unpaired) electrons. The van der Waals surface area contributed by atoms with E-state index in [4.69, 9.17) is 0 Å². The Bertz CT molecular complexity index is 158. The molecule has 1 heteroatoms. The Morgan fingerprint density at radius 3 is 2.57 bits per heavy atom. The van der Waals surface area contributed by atoms with Gasteiger partial charge in [0, 0.05) is 6.04 Å². The number of rotatable bonds is 2. The molecule has 4 atom stereocenters. The highest BCUT2D eigenvalue weighted by atomic mass is 14.9. The van der Waals surface area contributed by atoms with Crippen molar-refractivity contribution in [2.45, 2.75) is 58.4 Å². The van der Waals surface area contributed by atoms with Crippen LogP contribution < -0.4 is 5.32 Å². The summed E-state index contributed by atoms with van der Waals surface area (Å²) in [6.45, 7) is 5.98. The maximum atomic E-state index is 3.71. The average Bonchev–Trinajstić information content (AvgIpc) is 2.27. The van der Waals surface area contributed by atoms with E-state index in [0.29, 0.717) is 0 Å². The third-order valence-corrected chi connectivity index (χ3v) is 4.57. The maximum absolute atomic E-state index is 3.71. The topological polar surface area (TPSA) is 12.0 Å². The van der Waals surface area contributed by atoms with Gasteiger partial charge in [-0.2, -0.15) is 0 Å². The van der Waals surface area contributed by atoms with E-state index in [9.17, 15) is 0 Å². The second kappa shape index (κ2) is 4.65. The lowest BCUT2D eigenvalue weighted by Gasteiger charge is -2.42. The van der Waals surface area contributed by atoms with Crippen molar-refractivity contribution in [3.05, 3.63) is 0 Å². The van der Waals surface area contributed by atoms with Crippen molar-refractivity contribution in [3.8, 4) is 0 Å². The molecule has 1 heterocycles. The van der Waals surface area contributed by atoms with Crippen LogP contribution in [0.3, 0.4) is 0 Å². The zero-order valence-electron chi connectivity index (χ0n) is 9.76. The number of piperidine rings is 1. The first-order valence-electron chi connectivity index (χ1n) is 6.56. The average molecular weight is 195 g/mol. The van der Waals surface area contributed by atoms with Crippen molar-refractivity contribution in [2.75, 3.05) is 6.54 Å². The van der Waals surface area contributed by atoms with Crippen LogP contribution in [-0.4, -0.2) is 12.6 Å². The van der Waals surface area contributed by atoms with E-state index in [1.165, 1.54) is 45.1 Å². The van der Waals surface area contributed by atoms with E-state index < -0.39 is 0 Å². The van der Waals surface area contributed by atoms with Crippen LogP contribution in [-0.2, 0) is 0 Å². The molecule has 0 aromatic carbocycles. The quantitative estimate of drug-likeness (QED) is 0.713. The van der Waals surface area contributed by atoms with Gasteiger partial charge in [0.2, 0.25) is 0 Å². The van der Waals surface area contributed by atoms with Crippen LogP contribution in [0, 0.1) is 17.8 Å². The van der Waals surface area contributed by atoms with Crippen molar-refractivity contribution in [3.63, 3.8) is 0 Å². The zero-order valence-corrected chi connectivity index (χ0v) is 9.76. The summed E-state index contributed by atoms with van der Waals surface area (Å²) in [5.41, 5.74) is 0. The van der Waals surface area contributed by atoms with Crippen LogP contribution in [0.15, 0.2) is 0 Å². The molecule has 14 heavy (non-hydrogen) atoms. The van der Waals surface area contributed by atoms with E-state index in [1.807, 2.05) is 0 Å². The minimum atomic E-state index is 0.828. The van der Waals surface area contributed by atoms with Crippen molar-refractivity contribution < 1.29 is 0 Å². The highest BCUT2D eigenvalue weighted by molar-refractivity contribution is 4.88. The molecule has 1 saturated carbocycles. The molecule has 1 saturated heterocycles. The number of hydrogen-bond donors (Lipinski definition) is 1. The molecule has 0 aromatic heterocycles. The van der Waals surface area contributed by atoms with E-state index in [1.54, 1.807) is 0 Å². The van der Waals surface area contributed by atoms with Gasteiger partial charge in [-0.3, -0.25) is 0 Å². The van der Waals surface area contributed by atoms with Crippen molar-refractivity contribution in [1.82, 2.24) is 5.32 Å². The fourth-order valence-corrected chi connectivity index (χ4v) is 3.43. The molecule has 2 fully saturated rings. The predicted octanol–water partition coefficient (Wildman–Crippen LogP) is 3.20. The molecule has 0 bridgehead atoms. The molecular formula is C13H25N. The zero-order chi connectivity index (χ0) is 9.97. The predicted molar refractivity (Wildman–Crippen MR) is 61.3 cm³/mol. The van der Waals surface area contributed by atoms with Gasteiger partial charge in [0.25, 0.3) is 0 Å². The van der Waals surface area contributed by atoms with Gasteiger partial charge in [-0.15, -0.1) is 0 Å². The standard InChI is InChI=1S/C13H25N/c1-3-10-5-6-11-8-13(4-2)14-9-12(11)7-10/h10-14H,3-9H2,1-2H3. The third kappa shape index (κ3) is 2.13. The summed E-state index contributed by atoms with van der Waals surface area (Å²) >= 11 is 0. The summed E-state index contributed by atoms with van der Waals surface area (Å²) in [4.78, 5) is 0. The van der Waals surface area contributed by atoms with Crippen LogP contribution in [0.2, 0.25) is 0 Å². The van der Waals surface area contributed by atoms with Crippen LogP contribution in [0.25, 0.3) is 0 Å². The largest absolute Gasteiger partial charge is 0.314 e. The Morgan fingerprint density at radius 1 is 1.00 bits per heavy atom. The number of nitrogens with one attached hydrogen (secondary N) is 1. The summed E-state index contributed by atoms with van der Waals surface area (Å²) in [6.07, 6.45) is 8.71. The van der Waals surface area contributed by atoms with Gasteiger partial charge in [0.05, 0.1) is 0 Å². The molecule has 2 aliphatic rings. The Labute approximate surface area is 88.7 Å². The molecule has 2 rings (SSSR count). The summed E-state index contributed by atoms with van der Waals surface area (Å²) in [7, 11) is 0. The van der Waals surface area contributed by atoms with Crippen LogP contribution in [0.1, 0.15) is 52.4 Å². The molecule has 1 N–H and O–H groups in total. The molecular weight excluding hydrogens is 170 g/mol. The monoisotopic (exact) mass is 195 g/mol.